The molecule has 0 radical (unpaired) electrons. The molecule has 3 rings (SSSR count). The van der Waals surface area contributed by atoms with Crippen LogP contribution in [0.2, 0.25) is 15.2 Å². The second-order valence-corrected chi connectivity index (χ2v) is 6.69. The summed E-state index contributed by atoms with van der Waals surface area (Å²) in [7, 11) is 0. The van der Waals surface area contributed by atoms with Crippen molar-refractivity contribution < 1.29 is 19.5 Å². The fourth-order valence-corrected chi connectivity index (χ4v) is 3.15. The first kappa shape index (κ1) is 20.3. The Morgan fingerprint density at radius 1 is 0.840 bits per heavy atom. The zero-order valence-electron chi connectivity index (χ0n) is 13.7. The van der Waals surface area contributed by atoms with E-state index in [1.807, 2.05) is 39.0 Å². The second-order valence-electron chi connectivity index (χ2n) is 5.57. The molecule has 0 amide bonds. The van der Waals surface area contributed by atoms with E-state index in [1.54, 1.807) is 12.4 Å². The summed E-state index contributed by atoms with van der Waals surface area (Å²) < 4.78 is 0. The Morgan fingerprint density at radius 3 is 2.20 bits per heavy atom. The van der Waals surface area contributed by atoms with Crippen LogP contribution in [0.4, 0.5) is 0 Å². The number of aromatic nitrogens is 3. The van der Waals surface area contributed by atoms with Gasteiger partial charge in [0, 0.05) is 37.4 Å². The second kappa shape index (κ2) is 8.09. The molecule has 3 heterocycles. The number of rotatable bonds is 2. The maximum Gasteiger partial charge on any atom is 0.148 e. The molecule has 0 atom stereocenters. The quantitative estimate of drug-likeness (QED) is 0.330. The van der Waals surface area contributed by atoms with Crippen molar-refractivity contribution in [3.63, 3.8) is 0 Å². The van der Waals surface area contributed by atoms with E-state index in [0.29, 0.717) is 27.0 Å². The maximum absolute atomic E-state index is 6.51. The van der Waals surface area contributed by atoms with Crippen LogP contribution in [0.1, 0.15) is 16.7 Å². The molecule has 0 bridgehead atoms. The van der Waals surface area contributed by atoms with Gasteiger partial charge in [-0.1, -0.05) is 34.8 Å². The van der Waals surface area contributed by atoms with Crippen LogP contribution in [0, 0.1) is 20.8 Å². The largest absolute Gasteiger partial charge is 0.255 e. The molecule has 0 fully saturated rings. The van der Waals surface area contributed by atoms with Gasteiger partial charge in [0.2, 0.25) is 0 Å². The van der Waals surface area contributed by atoms with Crippen molar-refractivity contribution in [2.24, 2.45) is 0 Å². The van der Waals surface area contributed by atoms with Gasteiger partial charge in [-0.05, 0) is 55.7 Å². The minimum absolute atomic E-state index is 0. The topological polar surface area (TPSA) is 38.7 Å². The van der Waals surface area contributed by atoms with Gasteiger partial charge in [-0.3, -0.25) is 9.97 Å². The van der Waals surface area contributed by atoms with Crippen LogP contribution in [0.5, 0.6) is 0 Å². The van der Waals surface area contributed by atoms with Crippen molar-refractivity contribution in [1.82, 2.24) is 15.0 Å². The molecule has 25 heavy (non-hydrogen) atoms. The van der Waals surface area contributed by atoms with Gasteiger partial charge in [0.1, 0.15) is 5.15 Å². The Kier molecular flexibility index (Phi) is 6.56. The van der Waals surface area contributed by atoms with Crippen LogP contribution >= 0.6 is 34.8 Å². The molecule has 0 aromatic carbocycles. The van der Waals surface area contributed by atoms with Crippen molar-refractivity contribution in [2.45, 2.75) is 20.8 Å². The molecule has 0 aliphatic rings. The van der Waals surface area contributed by atoms with E-state index in [0.717, 1.165) is 22.4 Å². The SMILES string of the molecule is Cc1ccnc(-c2nccc(C)c2-c2nc(Cl)c(Cl)c(C)c2Cl)c1.[Ru]. The Bertz CT molecular complexity index is 945. The average molecular weight is 480 g/mol. The van der Waals surface area contributed by atoms with Crippen LogP contribution in [-0.2, 0) is 19.5 Å². The third kappa shape index (κ3) is 3.88. The summed E-state index contributed by atoms with van der Waals surface area (Å²) in [4.78, 5) is 13.4. The van der Waals surface area contributed by atoms with Crippen LogP contribution in [0.25, 0.3) is 22.6 Å². The van der Waals surface area contributed by atoms with E-state index in [4.69, 9.17) is 34.8 Å². The average Bonchev–Trinajstić information content (AvgIpc) is 2.56. The summed E-state index contributed by atoms with van der Waals surface area (Å²) in [5, 5.41) is 1.05. The van der Waals surface area contributed by atoms with Gasteiger partial charge in [-0.25, -0.2) is 4.98 Å². The third-order valence-electron chi connectivity index (χ3n) is 3.81. The van der Waals surface area contributed by atoms with E-state index in [2.05, 4.69) is 15.0 Å². The summed E-state index contributed by atoms with van der Waals surface area (Å²) in [5.41, 5.74) is 5.62. The van der Waals surface area contributed by atoms with Gasteiger partial charge in [0.25, 0.3) is 0 Å². The first-order valence-corrected chi connectivity index (χ1v) is 8.43. The van der Waals surface area contributed by atoms with Gasteiger partial charge < -0.3 is 0 Å². The van der Waals surface area contributed by atoms with Crippen molar-refractivity contribution >= 4 is 34.8 Å². The normalized spacial score (nSPS) is 10.5. The number of hydrogen-bond donors (Lipinski definition) is 0. The van der Waals surface area contributed by atoms with Crippen LogP contribution < -0.4 is 0 Å². The molecule has 130 valence electrons. The van der Waals surface area contributed by atoms with E-state index in [1.165, 1.54) is 0 Å². The number of nitrogens with zero attached hydrogens (tertiary/aromatic N) is 3. The molecule has 3 nitrogen and oxygen atoms in total. The smallest absolute Gasteiger partial charge is 0.148 e. The first-order valence-electron chi connectivity index (χ1n) is 7.30. The monoisotopic (exact) mass is 479 g/mol. The molecule has 0 saturated carbocycles. The van der Waals surface area contributed by atoms with Gasteiger partial charge in [0.05, 0.1) is 27.1 Å². The van der Waals surface area contributed by atoms with E-state index in [-0.39, 0.29) is 24.6 Å². The molecule has 0 spiro atoms. The fourth-order valence-electron chi connectivity index (χ4n) is 2.51. The summed E-state index contributed by atoms with van der Waals surface area (Å²) >= 11 is 18.8. The van der Waals surface area contributed by atoms with Crippen molar-refractivity contribution in [2.75, 3.05) is 0 Å². The first-order chi connectivity index (χ1) is 11.4. The number of halogens is 3. The summed E-state index contributed by atoms with van der Waals surface area (Å²) in [5.74, 6) is 0. The van der Waals surface area contributed by atoms with Gasteiger partial charge in [-0.15, -0.1) is 0 Å². The zero-order chi connectivity index (χ0) is 17.4. The third-order valence-corrected chi connectivity index (χ3v) is 5.11. The molecule has 0 aliphatic heterocycles. The summed E-state index contributed by atoms with van der Waals surface area (Å²) in [6, 6.07) is 5.82. The predicted molar refractivity (Wildman–Crippen MR) is 99.9 cm³/mol. The Morgan fingerprint density at radius 2 is 1.52 bits per heavy atom. The number of pyridine rings is 3. The minimum Gasteiger partial charge on any atom is -0.255 e. The van der Waals surface area contributed by atoms with Gasteiger partial charge >= 0.3 is 0 Å². The minimum atomic E-state index is 0. The molecule has 0 aliphatic carbocycles. The summed E-state index contributed by atoms with van der Waals surface area (Å²) in [6.07, 6.45) is 3.50. The van der Waals surface area contributed by atoms with Crippen LogP contribution in [-0.4, -0.2) is 15.0 Å². The van der Waals surface area contributed by atoms with Crippen molar-refractivity contribution in [1.29, 1.82) is 0 Å². The maximum atomic E-state index is 6.51. The Hall–Kier alpha value is -1.06. The van der Waals surface area contributed by atoms with Gasteiger partial charge in [-0.2, -0.15) is 0 Å². The standard InChI is InChI=1S/C18H14Cl3N3.Ru/c1-9-4-6-22-12(8-9)16-13(10(2)5-7-23-16)17-14(19)11(3)15(20)18(21)24-17;/h4-8H,1-3H3;. The molecule has 0 N–H and O–H groups in total. The molecule has 0 unspecified atom stereocenters. The molecule has 3 aromatic rings. The molecular formula is C18H14Cl3N3Ru. The van der Waals surface area contributed by atoms with Crippen LogP contribution in [0.15, 0.2) is 30.6 Å². The van der Waals surface area contributed by atoms with E-state index in [9.17, 15) is 0 Å². The van der Waals surface area contributed by atoms with Crippen LogP contribution in [0.3, 0.4) is 0 Å². The van der Waals surface area contributed by atoms with Gasteiger partial charge in [0.15, 0.2) is 0 Å². The summed E-state index contributed by atoms with van der Waals surface area (Å²) in [6.45, 7) is 5.80. The van der Waals surface area contributed by atoms with Crippen molar-refractivity contribution in [3.05, 3.63) is 62.5 Å². The molecule has 3 aromatic heterocycles. The molecule has 7 heteroatoms. The number of hydrogen-bond acceptors (Lipinski definition) is 3. The zero-order valence-corrected chi connectivity index (χ0v) is 17.7. The molecule has 0 saturated heterocycles. The fraction of sp³-hybridized carbons (Fsp3) is 0.167. The predicted octanol–water partition coefficient (Wildman–Crippen LogP) is 6.09. The Labute approximate surface area is 174 Å². The number of aryl methyl sites for hydroxylation is 2. The van der Waals surface area contributed by atoms with Crippen molar-refractivity contribution in [3.8, 4) is 22.6 Å². The van der Waals surface area contributed by atoms with E-state index < -0.39 is 0 Å². The Balaban J connectivity index is 0.00000225. The van der Waals surface area contributed by atoms with E-state index >= 15 is 0 Å². The molecular weight excluding hydrogens is 466 g/mol.